The third-order valence-electron chi connectivity index (χ3n) is 1.10. The summed E-state index contributed by atoms with van der Waals surface area (Å²) in [5.74, 6) is -0.957. The summed E-state index contributed by atoms with van der Waals surface area (Å²) in [7, 11) is 0. The first kappa shape index (κ1) is 8.91. The fourth-order valence-corrected chi connectivity index (χ4v) is 1.13. The second-order valence-corrected chi connectivity index (χ2v) is 2.95. The molecule has 0 aromatic carbocycles. The lowest BCUT2D eigenvalue weighted by molar-refractivity contribution is -0.142. The van der Waals surface area contributed by atoms with Gasteiger partial charge in [0, 0.05) is 5.33 Å². The highest BCUT2D eigenvalue weighted by atomic mass is 79.9. The zero-order valence-corrected chi connectivity index (χ0v) is 6.81. The first-order valence-electron chi connectivity index (χ1n) is 2.59. The van der Waals surface area contributed by atoms with Gasteiger partial charge in [-0.25, -0.2) is 0 Å². The lowest BCUT2D eigenvalue weighted by atomic mass is 10.0. The Morgan fingerprint density at radius 2 is 2.33 bits per heavy atom. The van der Waals surface area contributed by atoms with Crippen LogP contribution in [0.15, 0.2) is 0 Å². The SMILES string of the molecule is C[C@@](N)(CCBr)C(=O)O. The topological polar surface area (TPSA) is 63.3 Å². The number of halogens is 1. The van der Waals surface area contributed by atoms with Crippen molar-refractivity contribution in [3.63, 3.8) is 0 Å². The molecule has 0 bridgehead atoms. The van der Waals surface area contributed by atoms with Crippen molar-refractivity contribution in [1.82, 2.24) is 0 Å². The van der Waals surface area contributed by atoms with Crippen molar-refractivity contribution >= 4 is 21.9 Å². The third-order valence-corrected chi connectivity index (χ3v) is 1.50. The highest BCUT2D eigenvalue weighted by Crippen LogP contribution is 2.06. The van der Waals surface area contributed by atoms with Gasteiger partial charge in [-0.05, 0) is 13.3 Å². The van der Waals surface area contributed by atoms with Crippen molar-refractivity contribution < 1.29 is 9.90 Å². The van der Waals surface area contributed by atoms with E-state index in [-0.39, 0.29) is 0 Å². The van der Waals surface area contributed by atoms with E-state index in [1.54, 1.807) is 0 Å². The summed E-state index contributed by atoms with van der Waals surface area (Å²) >= 11 is 3.11. The van der Waals surface area contributed by atoms with E-state index < -0.39 is 11.5 Å². The summed E-state index contributed by atoms with van der Waals surface area (Å²) in [6.45, 7) is 1.50. The van der Waals surface area contributed by atoms with Crippen LogP contribution in [-0.2, 0) is 4.79 Å². The molecule has 54 valence electrons. The molecule has 0 amide bonds. The van der Waals surface area contributed by atoms with Crippen molar-refractivity contribution in [3.8, 4) is 0 Å². The lowest BCUT2D eigenvalue weighted by Crippen LogP contribution is -2.45. The number of nitrogens with two attached hydrogens (primary N) is 1. The predicted octanol–water partition coefficient (Wildman–Crippen LogP) is 0.573. The van der Waals surface area contributed by atoms with Gasteiger partial charge in [-0.15, -0.1) is 0 Å². The minimum absolute atomic E-state index is 0.447. The summed E-state index contributed by atoms with van der Waals surface area (Å²) in [6.07, 6.45) is 0.447. The molecule has 0 fully saturated rings. The van der Waals surface area contributed by atoms with Crippen LogP contribution in [0, 0.1) is 0 Å². The van der Waals surface area contributed by atoms with E-state index in [9.17, 15) is 4.79 Å². The lowest BCUT2D eigenvalue weighted by Gasteiger charge is -2.16. The Balaban J connectivity index is 3.85. The van der Waals surface area contributed by atoms with Crippen LogP contribution >= 0.6 is 15.9 Å². The first-order valence-corrected chi connectivity index (χ1v) is 3.71. The van der Waals surface area contributed by atoms with E-state index >= 15 is 0 Å². The number of carbonyl (C=O) groups is 1. The molecule has 0 unspecified atom stereocenters. The Bertz CT molecular complexity index is 114. The predicted molar refractivity (Wildman–Crippen MR) is 38.6 cm³/mol. The number of hydrogen-bond donors (Lipinski definition) is 2. The summed E-state index contributed by atoms with van der Waals surface area (Å²) in [6, 6.07) is 0. The second-order valence-electron chi connectivity index (χ2n) is 2.16. The van der Waals surface area contributed by atoms with Gasteiger partial charge in [0.15, 0.2) is 0 Å². The van der Waals surface area contributed by atoms with E-state index in [1.165, 1.54) is 6.92 Å². The van der Waals surface area contributed by atoms with Crippen molar-refractivity contribution in [1.29, 1.82) is 0 Å². The molecule has 0 rings (SSSR count). The second kappa shape index (κ2) is 3.17. The number of hydrogen-bond acceptors (Lipinski definition) is 2. The molecule has 0 aliphatic carbocycles. The van der Waals surface area contributed by atoms with Gasteiger partial charge in [0.05, 0.1) is 0 Å². The Morgan fingerprint density at radius 3 is 2.44 bits per heavy atom. The fraction of sp³-hybridized carbons (Fsp3) is 0.800. The van der Waals surface area contributed by atoms with E-state index in [4.69, 9.17) is 10.8 Å². The highest BCUT2D eigenvalue weighted by molar-refractivity contribution is 9.09. The summed E-state index contributed by atoms with van der Waals surface area (Å²) in [5.41, 5.74) is 4.26. The molecule has 1 atom stereocenters. The van der Waals surface area contributed by atoms with E-state index in [0.717, 1.165) is 0 Å². The van der Waals surface area contributed by atoms with Crippen molar-refractivity contribution in [2.45, 2.75) is 18.9 Å². The van der Waals surface area contributed by atoms with Crippen LogP contribution < -0.4 is 5.73 Å². The van der Waals surface area contributed by atoms with Crippen LogP contribution in [0.3, 0.4) is 0 Å². The van der Waals surface area contributed by atoms with Crippen LogP contribution in [-0.4, -0.2) is 21.9 Å². The first-order chi connectivity index (χ1) is 4.00. The summed E-state index contributed by atoms with van der Waals surface area (Å²) in [4.78, 5) is 10.3. The maximum absolute atomic E-state index is 10.3. The molecule has 4 heteroatoms. The van der Waals surface area contributed by atoms with Crippen molar-refractivity contribution in [2.24, 2.45) is 5.73 Å². The van der Waals surface area contributed by atoms with Gasteiger partial charge in [0.25, 0.3) is 0 Å². The van der Waals surface area contributed by atoms with Crippen LogP contribution in [0.2, 0.25) is 0 Å². The number of alkyl halides is 1. The van der Waals surface area contributed by atoms with Crippen LogP contribution in [0.1, 0.15) is 13.3 Å². The molecule has 0 aromatic heterocycles. The highest BCUT2D eigenvalue weighted by Gasteiger charge is 2.26. The van der Waals surface area contributed by atoms with Gasteiger partial charge in [-0.1, -0.05) is 15.9 Å². The van der Waals surface area contributed by atoms with Crippen LogP contribution in [0.25, 0.3) is 0 Å². The largest absolute Gasteiger partial charge is 0.480 e. The smallest absolute Gasteiger partial charge is 0.323 e. The summed E-state index contributed by atoms with van der Waals surface area (Å²) in [5, 5.41) is 9.04. The Labute approximate surface area is 62.4 Å². The normalized spacial score (nSPS) is 16.8. The maximum atomic E-state index is 10.3. The molecule has 0 aromatic rings. The van der Waals surface area contributed by atoms with E-state index in [2.05, 4.69) is 15.9 Å². The molecule has 3 nitrogen and oxygen atoms in total. The summed E-state index contributed by atoms with van der Waals surface area (Å²) < 4.78 is 0. The molecule has 0 spiro atoms. The third kappa shape index (κ3) is 2.81. The van der Waals surface area contributed by atoms with Gasteiger partial charge < -0.3 is 10.8 Å². The number of aliphatic carboxylic acids is 1. The zero-order valence-electron chi connectivity index (χ0n) is 5.22. The van der Waals surface area contributed by atoms with Gasteiger partial charge in [-0.2, -0.15) is 0 Å². The monoisotopic (exact) mass is 195 g/mol. The minimum Gasteiger partial charge on any atom is -0.480 e. The van der Waals surface area contributed by atoms with Gasteiger partial charge in [0.2, 0.25) is 0 Å². The molecule has 0 aliphatic heterocycles. The van der Waals surface area contributed by atoms with E-state index in [1.807, 2.05) is 0 Å². The average molecular weight is 196 g/mol. The average Bonchev–Trinajstić information content (AvgIpc) is 1.65. The molecule has 3 N–H and O–H groups in total. The minimum atomic E-state index is -1.08. The van der Waals surface area contributed by atoms with Gasteiger partial charge in [-0.3, -0.25) is 4.79 Å². The molecule has 0 saturated heterocycles. The van der Waals surface area contributed by atoms with Crippen molar-refractivity contribution in [2.75, 3.05) is 5.33 Å². The zero-order chi connectivity index (χ0) is 7.49. The number of carboxylic acid groups (broad SMARTS) is 1. The molecular formula is C5H10BrNO2. The Hall–Kier alpha value is -0.0900. The molecule has 0 saturated carbocycles. The number of carboxylic acids is 1. The van der Waals surface area contributed by atoms with Crippen LogP contribution in [0.5, 0.6) is 0 Å². The van der Waals surface area contributed by atoms with Gasteiger partial charge in [0.1, 0.15) is 5.54 Å². The van der Waals surface area contributed by atoms with E-state index in [0.29, 0.717) is 11.8 Å². The molecule has 0 radical (unpaired) electrons. The Kier molecular flexibility index (Phi) is 3.14. The standard InChI is InChI=1S/C5H10BrNO2/c1-5(7,2-3-6)4(8)9/h2-3,7H2,1H3,(H,8,9)/t5-/m1/s1. The molecular weight excluding hydrogens is 186 g/mol. The van der Waals surface area contributed by atoms with Gasteiger partial charge >= 0.3 is 5.97 Å². The Morgan fingerprint density at radius 1 is 1.89 bits per heavy atom. The quantitative estimate of drug-likeness (QED) is 0.648. The molecule has 0 aliphatic rings. The van der Waals surface area contributed by atoms with Crippen molar-refractivity contribution in [3.05, 3.63) is 0 Å². The molecule has 0 heterocycles. The maximum Gasteiger partial charge on any atom is 0.323 e. The van der Waals surface area contributed by atoms with Crippen LogP contribution in [0.4, 0.5) is 0 Å². The fourth-order valence-electron chi connectivity index (χ4n) is 0.303. The molecule has 9 heavy (non-hydrogen) atoms. The number of rotatable bonds is 3.